The molecule has 36 heavy (non-hydrogen) atoms. The lowest BCUT2D eigenvalue weighted by molar-refractivity contribution is 0.0951. The Labute approximate surface area is 210 Å². The maximum atomic E-state index is 13.3. The van der Waals surface area contributed by atoms with Crippen LogP contribution in [0.2, 0.25) is 0 Å². The molecule has 1 saturated heterocycles. The molecular formula is C29H29FN4O2. The van der Waals surface area contributed by atoms with Crippen LogP contribution in [0.4, 0.5) is 15.9 Å². The highest BCUT2D eigenvalue weighted by Crippen LogP contribution is 2.27. The highest BCUT2D eigenvalue weighted by Gasteiger charge is 2.20. The summed E-state index contributed by atoms with van der Waals surface area (Å²) in [7, 11) is 0. The fourth-order valence-corrected chi connectivity index (χ4v) is 4.53. The molecule has 1 aliphatic rings. The molecule has 4 aromatic rings. The van der Waals surface area contributed by atoms with Crippen molar-refractivity contribution in [1.29, 1.82) is 0 Å². The van der Waals surface area contributed by atoms with Gasteiger partial charge in [0.25, 0.3) is 5.91 Å². The normalized spacial score (nSPS) is 13.6. The average Bonchev–Trinajstić information content (AvgIpc) is 2.92. The summed E-state index contributed by atoms with van der Waals surface area (Å²) in [5.74, 6) is 1.35. The zero-order chi connectivity index (χ0) is 24.9. The average molecular weight is 485 g/mol. The number of rotatable bonds is 7. The smallest absolute Gasteiger partial charge is 0.251 e. The third-order valence-electron chi connectivity index (χ3n) is 6.47. The van der Waals surface area contributed by atoms with Gasteiger partial charge in [0.05, 0.1) is 6.61 Å². The van der Waals surface area contributed by atoms with E-state index in [-0.39, 0.29) is 11.7 Å². The van der Waals surface area contributed by atoms with E-state index in [1.165, 1.54) is 12.1 Å². The van der Waals surface area contributed by atoms with Crippen molar-refractivity contribution >= 4 is 28.2 Å². The molecule has 1 fully saturated rings. The van der Waals surface area contributed by atoms with Crippen LogP contribution in [0.25, 0.3) is 10.8 Å². The lowest BCUT2D eigenvalue weighted by Crippen LogP contribution is -2.46. The highest BCUT2D eigenvalue weighted by atomic mass is 19.1. The Morgan fingerprint density at radius 2 is 1.67 bits per heavy atom. The molecule has 184 valence electrons. The summed E-state index contributed by atoms with van der Waals surface area (Å²) in [5, 5.41) is 5.02. The molecule has 1 aliphatic heterocycles. The first kappa shape index (κ1) is 23.6. The largest absolute Gasteiger partial charge is 0.494 e. The number of benzene rings is 3. The van der Waals surface area contributed by atoms with Crippen molar-refractivity contribution in [3.63, 3.8) is 0 Å². The van der Waals surface area contributed by atoms with E-state index < -0.39 is 0 Å². The lowest BCUT2D eigenvalue weighted by atomic mass is 10.1. The third-order valence-corrected chi connectivity index (χ3v) is 6.47. The van der Waals surface area contributed by atoms with E-state index >= 15 is 0 Å². The summed E-state index contributed by atoms with van der Waals surface area (Å²) >= 11 is 0. The van der Waals surface area contributed by atoms with Crippen LogP contribution in [0.3, 0.4) is 0 Å². The van der Waals surface area contributed by atoms with E-state index in [4.69, 9.17) is 4.74 Å². The van der Waals surface area contributed by atoms with Crippen molar-refractivity contribution in [2.45, 2.75) is 13.5 Å². The second-order valence-electron chi connectivity index (χ2n) is 8.78. The number of amides is 1. The molecule has 0 atom stereocenters. The molecule has 6 nitrogen and oxygen atoms in total. The Balaban J connectivity index is 1.28. The summed E-state index contributed by atoms with van der Waals surface area (Å²) in [6.07, 6.45) is 1.82. The van der Waals surface area contributed by atoms with Crippen molar-refractivity contribution in [2.75, 3.05) is 42.6 Å². The minimum absolute atomic E-state index is 0.123. The van der Waals surface area contributed by atoms with Gasteiger partial charge in [-0.1, -0.05) is 18.2 Å². The second kappa shape index (κ2) is 10.6. The molecular weight excluding hydrogens is 455 g/mol. The Morgan fingerprint density at radius 1 is 0.944 bits per heavy atom. The molecule has 7 heteroatoms. The van der Waals surface area contributed by atoms with Gasteiger partial charge in [0, 0.05) is 55.6 Å². The molecule has 2 heterocycles. The number of carbonyl (C=O) groups is 1. The summed E-state index contributed by atoms with van der Waals surface area (Å²) in [4.78, 5) is 22.1. The number of hydrogen-bond acceptors (Lipinski definition) is 5. The molecule has 0 bridgehead atoms. The quantitative estimate of drug-likeness (QED) is 0.399. The maximum Gasteiger partial charge on any atom is 0.251 e. The predicted molar refractivity (Wildman–Crippen MR) is 141 cm³/mol. The third kappa shape index (κ3) is 5.25. The molecule has 1 amide bonds. The summed E-state index contributed by atoms with van der Waals surface area (Å²) in [5.41, 5.74) is 2.63. The zero-order valence-electron chi connectivity index (χ0n) is 20.3. The number of pyridine rings is 1. The summed E-state index contributed by atoms with van der Waals surface area (Å²) in [6.45, 7) is 6.22. The first-order chi connectivity index (χ1) is 17.6. The minimum Gasteiger partial charge on any atom is -0.494 e. The van der Waals surface area contributed by atoms with Crippen LogP contribution in [-0.4, -0.2) is 43.7 Å². The van der Waals surface area contributed by atoms with Gasteiger partial charge in [-0.3, -0.25) is 4.79 Å². The highest BCUT2D eigenvalue weighted by molar-refractivity contribution is 6.01. The van der Waals surface area contributed by atoms with Crippen LogP contribution in [0.15, 0.2) is 79.0 Å². The van der Waals surface area contributed by atoms with Gasteiger partial charge in [0.1, 0.15) is 17.4 Å². The van der Waals surface area contributed by atoms with Crippen LogP contribution < -0.4 is 19.9 Å². The molecule has 0 spiro atoms. The molecule has 3 aromatic carbocycles. The van der Waals surface area contributed by atoms with E-state index in [1.54, 1.807) is 0 Å². The fourth-order valence-electron chi connectivity index (χ4n) is 4.53. The molecule has 0 aliphatic carbocycles. The van der Waals surface area contributed by atoms with E-state index in [0.29, 0.717) is 18.7 Å². The van der Waals surface area contributed by atoms with Gasteiger partial charge in [-0.05, 0) is 72.5 Å². The standard InChI is InChI=1S/C29H29FN4O2/c1-2-36-26-11-3-21(4-12-26)20-32-29(35)23-6-5-22-13-14-31-28(27(22)19-23)34-17-15-33(16-18-34)25-9-7-24(30)8-10-25/h3-14,19H,2,15-18,20H2,1H3,(H,32,35). The Kier molecular flexibility index (Phi) is 6.98. The van der Waals surface area contributed by atoms with Gasteiger partial charge < -0.3 is 19.9 Å². The van der Waals surface area contributed by atoms with E-state index in [1.807, 2.05) is 73.8 Å². The van der Waals surface area contributed by atoms with Crippen LogP contribution >= 0.6 is 0 Å². The monoisotopic (exact) mass is 484 g/mol. The Morgan fingerprint density at radius 3 is 2.39 bits per heavy atom. The number of piperazine rings is 1. The van der Waals surface area contributed by atoms with Gasteiger partial charge in [-0.15, -0.1) is 0 Å². The first-order valence-electron chi connectivity index (χ1n) is 12.2. The number of aromatic nitrogens is 1. The molecule has 0 unspecified atom stereocenters. The van der Waals surface area contributed by atoms with Gasteiger partial charge in [-0.25, -0.2) is 9.37 Å². The lowest BCUT2D eigenvalue weighted by Gasteiger charge is -2.37. The molecule has 1 N–H and O–H groups in total. The minimum atomic E-state index is -0.225. The van der Waals surface area contributed by atoms with Gasteiger partial charge in [0.2, 0.25) is 0 Å². The first-order valence-corrected chi connectivity index (χ1v) is 12.2. The Hall–Kier alpha value is -4.13. The van der Waals surface area contributed by atoms with Gasteiger partial charge in [-0.2, -0.15) is 0 Å². The van der Waals surface area contributed by atoms with Gasteiger partial charge >= 0.3 is 0 Å². The number of halogens is 1. The van der Waals surface area contributed by atoms with Crippen molar-refractivity contribution in [1.82, 2.24) is 10.3 Å². The number of fused-ring (bicyclic) bond motifs is 1. The van der Waals surface area contributed by atoms with Crippen LogP contribution in [-0.2, 0) is 6.54 Å². The Bertz CT molecular complexity index is 1330. The van der Waals surface area contributed by atoms with Crippen LogP contribution in [0.1, 0.15) is 22.8 Å². The number of anilines is 2. The summed E-state index contributed by atoms with van der Waals surface area (Å²) < 4.78 is 18.8. The molecule has 1 aromatic heterocycles. The molecule has 5 rings (SSSR count). The predicted octanol–water partition coefficient (Wildman–Crippen LogP) is 5.03. The number of carbonyl (C=O) groups excluding carboxylic acids is 1. The maximum absolute atomic E-state index is 13.3. The fraction of sp³-hybridized carbons (Fsp3) is 0.241. The van der Waals surface area contributed by atoms with Crippen molar-refractivity contribution in [3.05, 3.63) is 95.9 Å². The second-order valence-corrected chi connectivity index (χ2v) is 8.78. The topological polar surface area (TPSA) is 57.7 Å². The SMILES string of the molecule is CCOc1ccc(CNC(=O)c2ccc3ccnc(N4CCN(c5ccc(F)cc5)CC4)c3c2)cc1. The number of nitrogens with one attached hydrogen (secondary N) is 1. The van der Waals surface area contributed by atoms with E-state index in [0.717, 1.165) is 59.8 Å². The number of nitrogens with zero attached hydrogens (tertiary/aromatic N) is 3. The van der Waals surface area contributed by atoms with E-state index in [9.17, 15) is 9.18 Å². The zero-order valence-corrected chi connectivity index (χ0v) is 20.3. The van der Waals surface area contributed by atoms with Crippen molar-refractivity contribution in [3.8, 4) is 5.75 Å². The van der Waals surface area contributed by atoms with Crippen LogP contribution in [0.5, 0.6) is 5.75 Å². The molecule has 0 saturated carbocycles. The number of hydrogen-bond donors (Lipinski definition) is 1. The van der Waals surface area contributed by atoms with Gasteiger partial charge in [0.15, 0.2) is 0 Å². The van der Waals surface area contributed by atoms with Crippen molar-refractivity contribution in [2.24, 2.45) is 0 Å². The van der Waals surface area contributed by atoms with E-state index in [2.05, 4.69) is 20.1 Å². The van der Waals surface area contributed by atoms with Crippen LogP contribution in [0, 0.1) is 5.82 Å². The number of ether oxygens (including phenoxy) is 1. The molecule has 0 radical (unpaired) electrons. The van der Waals surface area contributed by atoms with Crippen molar-refractivity contribution < 1.29 is 13.9 Å². The summed E-state index contributed by atoms with van der Waals surface area (Å²) in [6, 6.07) is 22.1.